The van der Waals surface area contributed by atoms with Crippen LogP contribution >= 0.6 is 0 Å². The van der Waals surface area contributed by atoms with E-state index in [0.717, 1.165) is 78.1 Å². The number of aromatic nitrogens is 1. The van der Waals surface area contributed by atoms with Crippen molar-refractivity contribution in [1.82, 2.24) is 20.1 Å². The maximum absolute atomic E-state index is 12.3. The summed E-state index contributed by atoms with van der Waals surface area (Å²) < 4.78 is 10.7. The second-order valence-electron chi connectivity index (χ2n) is 6.52. The molecule has 1 amide bonds. The number of carbonyl (C=O) groups excluding carboxylic acids is 1. The first kappa shape index (κ1) is 19.0. The molecule has 0 saturated carbocycles. The van der Waals surface area contributed by atoms with E-state index in [2.05, 4.69) is 25.4 Å². The Hall–Kier alpha value is -1.74. The molecule has 0 aromatic carbocycles. The highest BCUT2D eigenvalue weighted by Crippen LogP contribution is 2.07. The van der Waals surface area contributed by atoms with Crippen molar-refractivity contribution in [2.24, 2.45) is 0 Å². The van der Waals surface area contributed by atoms with Crippen molar-refractivity contribution >= 4 is 11.7 Å². The second kappa shape index (κ2) is 10.4. The van der Waals surface area contributed by atoms with Crippen LogP contribution in [0.3, 0.4) is 0 Å². The third kappa shape index (κ3) is 6.21. The monoisotopic (exact) mass is 363 g/mol. The maximum Gasteiger partial charge on any atom is 0.251 e. The zero-order valence-corrected chi connectivity index (χ0v) is 15.3. The van der Waals surface area contributed by atoms with Gasteiger partial charge in [-0.05, 0) is 12.1 Å². The van der Waals surface area contributed by atoms with Gasteiger partial charge in [0.2, 0.25) is 0 Å². The molecule has 0 bridgehead atoms. The lowest BCUT2D eigenvalue weighted by Crippen LogP contribution is -2.41. The van der Waals surface area contributed by atoms with Gasteiger partial charge in [0.1, 0.15) is 5.82 Å². The van der Waals surface area contributed by atoms with Crippen molar-refractivity contribution in [2.75, 3.05) is 84.1 Å². The molecule has 0 unspecified atom stereocenters. The normalized spacial score (nSPS) is 19.2. The van der Waals surface area contributed by atoms with Crippen LogP contribution in [-0.2, 0) is 9.47 Å². The number of nitrogens with one attached hydrogen (secondary N) is 2. The summed E-state index contributed by atoms with van der Waals surface area (Å²) in [5, 5.41) is 6.28. The number of rotatable bonds is 8. The zero-order chi connectivity index (χ0) is 18.0. The molecule has 26 heavy (non-hydrogen) atoms. The molecule has 144 valence electrons. The standard InChI is InChI=1S/C18H29N5O3/c24-18(21-4-6-23-9-13-26-14-10-23)16-1-2-19-17(15-16)20-3-5-22-7-11-25-12-8-22/h1-2,15H,3-14H2,(H,19,20)(H,21,24). The summed E-state index contributed by atoms with van der Waals surface area (Å²) >= 11 is 0. The molecule has 0 spiro atoms. The Morgan fingerprint density at radius 2 is 1.62 bits per heavy atom. The molecule has 1 aromatic rings. The summed E-state index contributed by atoms with van der Waals surface area (Å²) in [7, 11) is 0. The van der Waals surface area contributed by atoms with Crippen LogP contribution in [0.4, 0.5) is 5.82 Å². The van der Waals surface area contributed by atoms with Gasteiger partial charge in [-0.25, -0.2) is 4.98 Å². The van der Waals surface area contributed by atoms with Crippen LogP contribution in [0.5, 0.6) is 0 Å². The number of carbonyl (C=O) groups is 1. The van der Waals surface area contributed by atoms with Crippen LogP contribution in [0, 0.1) is 0 Å². The van der Waals surface area contributed by atoms with Gasteiger partial charge in [0, 0.05) is 64.1 Å². The first-order chi connectivity index (χ1) is 12.8. The number of hydrogen-bond acceptors (Lipinski definition) is 7. The molecule has 2 aliphatic heterocycles. The third-order valence-electron chi connectivity index (χ3n) is 4.68. The molecule has 0 atom stereocenters. The zero-order valence-electron chi connectivity index (χ0n) is 15.3. The number of hydrogen-bond donors (Lipinski definition) is 2. The van der Waals surface area contributed by atoms with Crippen molar-refractivity contribution in [2.45, 2.75) is 0 Å². The van der Waals surface area contributed by atoms with E-state index in [0.29, 0.717) is 12.1 Å². The van der Waals surface area contributed by atoms with Gasteiger partial charge >= 0.3 is 0 Å². The Balaban J connectivity index is 1.38. The maximum atomic E-state index is 12.3. The van der Waals surface area contributed by atoms with Gasteiger partial charge in [-0.15, -0.1) is 0 Å². The Morgan fingerprint density at radius 1 is 1.00 bits per heavy atom. The molecule has 3 rings (SSSR count). The molecular weight excluding hydrogens is 334 g/mol. The lowest BCUT2D eigenvalue weighted by atomic mass is 10.2. The third-order valence-corrected chi connectivity index (χ3v) is 4.68. The lowest BCUT2D eigenvalue weighted by molar-refractivity contribution is 0.0383. The minimum absolute atomic E-state index is 0.0584. The van der Waals surface area contributed by atoms with E-state index in [1.807, 2.05) is 6.07 Å². The second-order valence-corrected chi connectivity index (χ2v) is 6.52. The van der Waals surface area contributed by atoms with Crippen molar-refractivity contribution in [3.05, 3.63) is 23.9 Å². The molecule has 2 aliphatic rings. The number of pyridine rings is 1. The predicted molar refractivity (Wildman–Crippen MR) is 99.6 cm³/mol. The van der Waals surface area contributed by atoms with Crippen molar-refractivity contribution in [3.63, 3.8) is 0 Å². The number of ether oxygens (including phenoxy) is 2. The smallest absolute Gasteiger partial charge is 0.251 e. The minimum Gasteiger partial charge on any atom is -0.379 e. The van der Waals surface area contributed by atoms with Crippen LogP contribution in [-0.4, -0.2) is 99.5 Å². The van der Waals surface area contributed by atoms with Crippen LogP contribution in [0.2, 0.25) is 0 Å². The average molecular weight is 363 g/mol. The molecule has 2 saturated heterocycles. The molecule has 8 nitrogen and oxygen atoms in total. The summed E-state index contributed by atoms with van der Waals surface area (Å²) in [5.41, 5.74) is 0.635. The summed E-state index contributed by atoms with van der Waals surface area (Å²) in [6.45, 7) is 10.2. The number of morpholine rings is 2. The largest absolute Gasteiger partial charge is 0.379 e. The van der Waals surface area contributed by atoms with E-state index in [1.54, 1.807) is 12.3 Å². The van der Waals surface area contributed by atoms with Gasteiger partial charge in [0.15, 0.2) is 0 Å². The van der Waals surface area contributed by atoms with Crippen molar-refractivity contribution < 1.29 is 14.3 Å². The first-order valence-electron chi connectivity index (χ1n) is 9.39. The van der Waals surface area contributed by atoms with Crippen LogP contribution in [0.1, 0.15) is 10.4 Å². The number of anilines is 1. The predicted octanol–water partition coefficient (Wildman–Crippen LogP) is -0.112. The summed E-state index contributed by atoms with van der Waals surface area (Å²) in [6, 6.07) is 3.56. The Morgan fingerprint density at radius 3 is 2.27 bits per heavy atom. The SMILES string of the molecule is O=C(NCCN1CCOCC1)c1ccnc(NCCN2CCOCC2)c1. The first-order valence-corrected chi connectivity index (χ1v) is 9.39. The summed E-state index contributed by atoms with van der Waals surface area (Å²) in [5.74, 6) is 0.677. The number of amides is 1. The van der Waals surface area contributed by atoms with Gasteiger partial charge in [0.05, 0.1) is 26.4 Å². The van der Waals surface area contributed by atoms with E-state index in [1.165, 1.54) is 0 Å². The van der Waals surface area contributed by atoms with Gasteiger partial charge in [-0.3, -0.25) is 14.6 Å². The highest BCUT2D eigenvalue weighted by Gasteiger charge is 2.12. The average Bonchev–Trinajstić information content (AvgIpc) is 2.70. The van der Waals surface area contributed by atoms with E-state index in [-0.39, 0.29) is 5.91 Å². The van der Waals surface area contributed by atoms with Gasteiger partial charge in [-0.1, -0.05) is 0 Å². The van der Waals surface area contributed by atoms with E-state index in [9.17, 15) is 4.79 Å². The molecule has 8 heteroatoms. The van der Waals surface area contributed by atoms with Gasteiger partial charge < -0.3 is 20.1 Å². The lowest BCUT2D eigenvalue weighted by Gasteiger charge is -2.26. The quantitative estimate of drug-likeness (QED) is 0.667. The summed E-state index contributed by atoms with van der Waals surface area (Å²) in [6.07, 6.45) is 1.67. The Bertz CT molecular complexity index is 560. The van der Waals surface area contributed by atoms with Gasteiger partial charge in [-0.2, -0.15) is 0 Å². The Kier molecular flexibility index (Phi) is 7.63. The van der Waals surface area contributed by atoms with Crippen molar-refractivity contribution in [1.29, 1.82) is 0 Å². The highest BCUT2D eigenvalue weighted by molar-refractivity contribution is 5.94. The van der Waals surface area contributed by atoms with E-state index in [4.69, 9.17) is 9.47 Å². The molecule has 2 N–H and O–H groups in total. The molecule has 0 aliphatic carbocycles. The van der Waals surface area contributed by atoms with Crippen LogP contribution < -0.4 is 10.6 Å². The molecule has 2 fully saturated rings. The minimum atomic E-state index is -0.0584. The molecule has 1 aromatic heterocycles. The Labute approximate surface area is 154 Å². The van der Waals surface area contributed by atoms with Crippen LogP contribution in [0.15, 0.2) is 18.3 Å². The summed E-state index contributed by atoms with van der Waals surface area (Å²) in [4.78, 5) is 21.3. The molecule has 0 radical (unpaired) electrons. The van der Waals surface area contributed by atoms with Crippen LogP contribution in [0.25, 0.3) is 0 Å². The van der Waals surface area contributed by atoms with E-state index >= 15 is 0 Å². The molecule has 3 heterocycles. The number of nitrogens with zero attached hydrogens (tertiary/aromatic N) is 3. The van der Waals surface area contributed by atoms with Crippen molar-refractivity contribution in [3.8, 4) is 0 Å². The van der Waals surface area contributed by atoms with E-state index < -0.39 is 0 Å². The fraction of sp³-hybridized carbons (Fsp3) is 0.667. The molecular formula is C18H29N5O3. The fourth-order valence-electron chi connectivity index (χ4n) is 3.09. The fourth-order valence-corrected chi connectivity index (χ4v) is 3.09. The van der Waals surface area contributed by atoms with Gasteiger partial charge in [0.25, 0.3) is 5.91 Å². The highest BCUT2D eigenvalue weighted by atomic mass is 16.5. The topological polar surface area (TPSA) is 79.0 Å².